The summed E-state index contributed by atoms with van der Waals surface area (Å²) in [6.45, 7) is 7.53. The molecule has 4 rings (SSSR count). The van der Waals surface area contributed by atoms with E-state index in [1.807, 2.05) is 19.2 Å². The number of aliphatic imine (C=N–C) groups is 1. The highest BCUT2D eigenvalue weighted by Gasteiger charge is 2.30. The Morgan fingerprint density at radius 3 is 2.41 bits per heavy atom. The smallest absolute Gasteiger partial charge is 0.243 e. The molecule has 1 aromatic rings. The van der Waals surface area contributed by atoms with Crippen molar-refractivity contribution in [3.8, 4) is 0 Å². The Morgan fingerprint density at radius 2 is 1.75 bits per heavy atom. The molecule has 8 nitrogen and oxygen atoms in total. The summed E-state index contributed by atoms with van der Waals surface area (Å²) in [6, 6.07) is 7.82. The number of ether oxygens (including phenoxy) is 1. The summed E-state index contributed by atoms with van der Waals surface area (Å²) in [5.74, 6) is 0.903. The minimum atomic E-state index is -3.38. The van der Waals surface area contributed by atoms with Crippen LogP contribution in [-0.4, -0.2) is 94.1 Å². The Hall–Kier alpha value is -0.950. The van der Waals surface area contributed by atoms with Gasteiger partial charge in [-0.15, -0.1) is 24.0 Å². The molecule has 1 N–H and O–H groups in total. The molecule has 1 aromatic carbocycles. The van der Waals surface area contributed by atoms with Crippen molar-refractivity contribution in [1.82, 2.24) is 19.4 Å². The maximum Gasteiger partial charge on any atom is 0.243 e. The monoisotopic (exact) mass is 577 g/mol. The molecular formula is C22H36IN5O3S. The lowest BCUT2D eigenvalue weighted by Crippen LogP contribution is -2.46. The van der Waals surface area contributed by atoms with Crippen molar-refractivity contribution in [1.29, 1.82) is 0 Å². The highest BCUT2D eigenvalue weighted by Crippen LogP contribution is 2.21. The molecule has 3 aliphatic heterocycles. The van der Waals surface area contributed by atoms with Crippen molar-refractivity contribution in [3.63, 3.8) is 0 Å². The zero-order valence-electron chi connectivity index (χ0n) is 18.9. The molecule has 0 amide bonds. The molecule has 0 aromatic heterocycles. The standard InChI is InChI=1S/C22H35N5O3S.HI/c1-23-22(26-12-9-20(18-26)25-13-15-30-16-14-25)24-17-19-5-7-21(8-6-19)31(28,29)27-10-3-2-4-11-27;/h5-8,20H,2-4,9-18H2,1H3,(H,23,24);1H. The summed E-state index contributed by atoms with van der Waals surface area (Å²) in [4.78, 5) is 9.69. The van der Waals surface area contributed by atoms with Crippen LogP contribution < -0.4 is 5.32 Å². The van der Waals surface area contributed by atoms with Crippen LogP contribution in [0.25, 0.3) is 0 Å². The highest BCUT2D eigenvalue weighted by molar-refractivity contribution is 14.0. The molecule has 180 valence electrons. The maximum atomic E-state index is 12.8. The van der Waals surface area contributed by atoms with Crippen molar-refractivity contribution < 1.29 is 13.2 Å². The van der Waals surface area contributed by atoms with Gasteiger partial charge in [-0.05, 0) is 37.0 Å². The number of sulfonamides is 1. The van der Waals surface area contributed by atoms with Gasteiger partial charge in [-0.3, -0.25) is 9.89 Å². The van der Waals surface area contributed by atoms with Crippen LogP contribution in [0.3, 0.4) is 0 Å². The normalized spacial score (nSPS) is 23.7. The SMILES string of the molecule is CN=C(NCc1ccc(S(=O)(=O)N2CCCCC2)cc1)N1CCC(N2CCOCC2)C1.I. The van der Waals surface area contributed by atoms with E-state index in [-0.39, 0.29) is 24.0 Å². The Morgan fingerprint density at radius 1 is 1.06 bits per heavy atom. The first-order chi connectivity index (χ1) is 15.1. The molecule has 10 heteroatoms. The van der Waals surface area contributed by atoms with E-state index < -0.39 is 10.0 Å². The fourth-order valence-electron chi connectivity index (χ4n) is 4.72. The number of hydrogen-bond acceptors (Lipinski definition) is 5. The Balaban J connectivity index is 0.00000289. The molecule has 0 aliphatic carbocycles. The van der Waals surface area contributed by atoms with Crippen LogP contribution in [0.4, 0.5) is 0 Å². The molecule has 3 heterocycles. The molecule has 32 heavy (non-hydrogen) atoms. The van der Waals surface area contributed by atoms with Crippen molar-refractivity contribution in [2.75, 3.05) is 59.5 Å². The van der Waals surface area contributed by atoms with Gasteiger partial charge in [0.15, 0.2) is 5.96 Å². The molecule has 0 bridgehead atoms. The van der Waals surface area contributed by atoms with Gasteiger partial charge in [-0.2, -0.15) is 4.31 Å². The van der Waals surface area contributed by atoms with E-state index in [1.165, 1.54) is 0 Å². The Labute approximate surface area is 209 Å². The third kappa shape index (κ3) is 6.13. The number of nitrogens with zero attached hydrogens (tertiary/aromatic N) is 4. The van der Waals surface area contributed by atoms with Gasteiger partial charge in [0, 0.05) is 58.9 Å². The van der Waals surface area contributed by atoms with Gasteiger partial charge in [0.25, 0.3) is 0 Å². The van der Waals surface area contributed by atoms with Gasteiger partial charge < -0.3 is 15.0 Å². The molecule has 1 atom stereocenters. The number of likely N-dealkylation sites (tertiary alicyclic amines) is 1. The second kappa shape index (κ2) is 12.0. The van der Waals surface area contributed by atoms with Crippen LogP contribution in [0, 0.1) is 0 Å². The summed E-state index contributed by atoms with van der Waals surface area (Å²) in [7, 11) is -1.56. The fraction of sp³-hybridized carbons (Fsp3) is 0.682. The summed E-state index contributed by atoms with van der Waals surface area (Å²) in [5, 5.41) is 3.45. The van der Waals surface area contributed by atoms with Gasteiger partial charge in [0.2, 0.25) is 10.0 Å². The van der Waals surface area contributed by atoms with E-state index in [1.54, 1.807) is 16.4 Å². The van der Waals surface area contributed by atoms with E-state index in [0.717, 1.165) is 76.6 Å². The van der Waals surface area contributed by atoms with Crippen molar-refractivity contribution >= 4 is 40.0 Å². The van der Waals surface area contributed by atoms with Crippen molar-refractivity contribution in [2.45, 2.75) is 43.2 Å². The number of guanidine groups is 1. The van der Waals surface area contributed by atoms with Gasteiger partial charge in [-0.25, -0.2) is 8.42 Å². The van der Waals surface area contributed by atoms with Crippen LogP contribution in [-0.2, 0) is 21.3 Å². The summed E-state index contributed by atoms with van der Waals surface area (Å²) in [6.07, 6.45) is 4.15. The second-order valence-corrected chi connectivity index (χ2v) is 10.5. The molecule has 0 radical (unpaired) electrons. The lowest BCUT2D eigenvalue weighted by atomic mass is 10.2. The molecule has 3 saturated heterocycles. The summed E-state index contributed by atoms with van der Waals surface area (Å²) < 4.78 is 32.7. The lowest BCUT2D eigenvalue weighted by Gasteiger charge is -2.32. The van der Waals surface area contributed by atoms with Crippen LogP contribution in [0.15, 0.2) is 34.2 Å². The molecule has 0 spiro atoms. The molecule has 0 saturated carbocycles. The van der Waals surface area contributed by atoms with E-state index in [4.69, 9.17) is 4.74 Å². The van der Waals surface area contributed by atoms with Gasteiger partial charge >= 0.3 is 0 Å². The van der Waals surface area contributed by atoms with E-state index in [0.29, 0.717) is 30.6 Å². The Bertz CT molecular complexity index is 853. The van der Waals surface area contributed by atoms with Gasteiger partial charge in [0.1, 0.15) is 0 Å². The van der Waals surface area contributed by atoms with Crippen molar-refractivity contribution in [3.05, 3.63) is 29.8 Å². The lowest BCUT2D eigenvalue weighted by molar-refractivity contribution is 0.0195. The quantitative estimate of drug-likeness (QED) is 0.328. The van der Waals surface area contributed by atoms with Crippen LogP contribution in [0.1, 0.15) is 31.2 Å². The minimum Gasteiger partial charge on any atom is -0.379 e. The highest BCUT2D eigenvalue weighted by atomic mass is 127. The predicted octanol–water partition coefficient (Wildman–Crippen LogP) is 1.96. The number of piperidine rings is 1. The largest absolute Gasteiger partial charge is 0.379 e. The zero-order chi connectivity index (χ0) is 21.7. The van der Waals surface area contributed by atoms with Gasteiger partial charge in [0.05, 0.1) is 18.1 Å². The summed E-state index contributed by atoms with van der Waals surface area (Å²) in [5.41, 5.74) is 1.04. The molecule has 3 fully saturated rings. The predicted molar refractivity (Wildman–Crippen MR) is 137 cm³/mol. The number of nitrogens with one attached hydrogen (secondary N) is 1. The van der Waals surface area contributed by atoms with Crippen molar-refractivity contribution in [2.24, 2.45) is 4.99 Å². The minimum absolute atomic E-state index is 0. The zero-order valence-corrected chi connectivity index (χ0v) is 22.1. The number of halogens is 1. The second-order valence-electron chi connectivity index (χ2n) is 8.55. The number of rotatable bonds is 5. The van der Waals surface area contributed by atoms with E-state index >= 15 is 0 Å². The molecule has 1 unspecified atom stereocenters. The number of hydrogen-bond donors (Lipinski definition) is 1. The third-order valence-corrected chi connectivity index (χ3v) is 8.48. The molecular weight excluding hydrogens is 541 g/mol. The third-order valence-electron chi connectivity index (χ3n) is 6.56. The average Bonchev–Trinajstić information content (AvgIpc) is 3.31. The first-order valence-corrected chi connectivity index (χ1v) is 12.9. The first kappa shape index (κ1) is 25.7. The van der Waals surface area contributed by atoms with E-state index in [2.05, 4.69) is 20.1 Å². The number of morpholine rings is 1. The number of benzene rings is 1. The Kier molecular flexibility index (Phi) is 9.59. The molecule has 3 aliphatic rings. The average molecular weight is 578 g/mol. The first-order valence-electron chi connectivity index (χ1n) is 11.4. The maximum absolute atomic E-state index is 12.8. The van der Waals surface area contributed by atoms with Crippen LogP contribution >= 0.6 is 24.0 Å². The van der Waals surface area contributed by atoms with Crippen LogP contribution in [0.5, 0.6) is 0 Å². The van der Waals surface area contributed by atoms with Crippen LogP contribution in [0.2, 0.25) is 0 Å². The van der Waals surface area contributed by atoms with E-state index in [9.17, 15) is 8.42 Å². The summed E-state index contributed by atoms with van der Waals surface area (Å²) >= 11 is 0. The topological polar surface area (TPSA) is 77.5 Å². The van der Waals surface area contributed by atoms with Gasteiger partial charge in [-0.1, -0.05) is 18.6 Å². The fourth-order valence-corrected chi connectivity index (χ4v) is 6.24.